The first-order chi connectivity index (χ1) is 10.4. The van der Waals surface area contributed by atoms with Gasteiger partial charge in [-0.1, -0.05) is 31.5 Å². The second-order valence-corrected chi connectivity index (χ2v) is 6.60. The van der Waals surface area contributed by atoms with Crippen LogP contribution in [-0.4, -0.2) is 21.6 Å². The summed E-state index contributed by atoms with van der Waals surface area (Å²) in [5.74, 6) is 0.339. The van der Waals surface area contributed by atoms with Crippen molar-refractivity contribution >= 4 is 28.5 Å². The lowest BCUT2D eigenvalue weighted by atomic mass is 10.0. The van der Waals surface area contributed by atoms with Crippen molar-refractivity contribution in [2.45, 2.75) is 38.6 Å². The Bertz CT molecular complexity index is 794. The molecule has 1 aliphatic heterocycles. The highest BCUT2D eigenvalue weighted by Crippen LogP contribution is 2.32. The number of carbonyl (C=O) groups excluding carboxylic acids is 1. The number of hydrogen-bond donors (Lipinski definition) is 1. The molecule has 2 heterocycles. The van der Waals surface area contributed by atoms with Gasteiger partial charge in [0.2, 0.25) is 5.91 Å². The van der Waals surface area contributed by atoms with E-state index >= 15 is 0 Å². The number of benzene rings is 1. The summed E-state index contributed by atoms with van der Waals surface area (Å²) in [7, 11) is 1.78. The predicted molar refractivity (Wildman–Crippen MR) is 87.6 cm³/mol. The van der Waals surface area contributed by atoms with E-state index in [-0.39, 0.29) is 17.6 Å². The average Bonchev–Trinajstić information content (AvgIpc) is 2.74. The third kappa shape index (κ3) is 2.24. The van der Waals surface area contributed by atoms with Crippen LogP contribution < -0.4 is 11.0 Å². The van der Waals surface area contributed by atoms with Crippen molar-refractivity contribution < 1.29 is 4.79 Å². The average molecular weight is 322 g/mol. The molecule has 1 unspecified atom stereocenters. The van der Waals surface area contributed by atoms with Crippen LogP contribution in [0.1, 0.15) is 44.2 Å². The van der Waals surface area contributed by atoms with E-state index in [0.717, 1.165) is 16.6 Å². The van der Waals surface area contributed by atoms with Crippen LogP contribution in [0.2, 0.25) is 5.02 Å². The van der Waals surface area contributed by atoms with Crippen molar-refractivity contribution in [2.24, 2.45) is 7.05 Å². The summed E-state index contributed by atoms with van der Waals surface area (Å²) in [6.07, 6.45) is 1.10. The van der Waals surface area contributed by atoms with Gasteiger partial charge in [-0.15, -0.1) is 0 Å². The lowest BCUT2D eigenvalue weighted by molar-refractivity contribution is -0.122. The van der Waals surface area contributed by atoms with Gasteiger partial charge in [-0.2, -0.15) is 0 Å². The Balaban J connectivity index is 2.27. The molecule has 1 aromatic heterocycles. The number of aryl methyl sites for hydroxylation is 1. The number of rotatable bonds is 2. The Hall–Kier alpha value is -1.75. The Labute approximate surface area is 133 Å². The number of fused-ring (bicyclic) bond motifs is 1. The van der Waals surface area contributed by atoms with E-state index in [2.05, 4.69) is 19.2 Å². The molecule has 0 bridgehead atoms. The first-order valence-electron chi connectivity index (χ1n) is 7.57. The van der Waals surface area contributed by atoms with Gasteiger partial charge in [0.1, 0.15) is 0 Å². The van der Waals surface area contributed by atoms with Crippen LogP contribution in [0.4, 0.5) is 0 Å². The highest BCUT2D eigenvalue weighted by molar-refractivity contribution is 6.35. The zero-order chi connectivity index (χ0) is 16.0. The molecule has 1 saturated heterocycles. The van der Waals surface area contributed by atoms with Crippen LogP contribution in [0.25, 0.3) is 11.0 Å². The molecular weight excluding hydrogens is 302 g/mol. The SMILES string of the molecule is CC(C)c1ccc(Cl)c2c1n(C)c(=O)n2C1CCC(=O)NC1. The number of nitrogens with one attached hydrogen (secondary N) is 1. The monoisotopic (exact) mass is 321 g/mol. The van der Waals surface area contributed by atoms with Crippen molar-refractivity contribution in [1.29, 1.82) is 0 Å². The second kappa shape index (κ2) is 5.47. The van der Waals surface area contributed by atoms with Gasteiger partial charge in [-0.05, 0) is 24.0 Å². The van der Waals surface area contributed by atoms with E-state index in [0.29, 0.717) is 30.3 Å². The number of amides is 1. The molecule has 0 spiro atoms. The first-order valence-corrected chi connectivity index (χ1v) is 7.95. The third-order valence-corrected chi connectivity index (χ3v) is 4.73. The van der Waals surface area contributed by atoms with Gasteiger partial charge in [0.05, 0.1) is 22.1 Å². The molecule has 1 atom stereocenters. The largest absolute Gasteiger partial charge is 0.354 e. The van der Waals surface area contributed by atoms with E-state index in [1.807, 2.05) is 12.1 Å². The van der Waals surface area contributed by atoms with E-state index in [9.17, 15) is 9.59 Å². The van der Waals surface area contributed by atoms with Crippen LogP contribution >= 0.6 is 11.6 Å². The Kier molecular flexibility index (Phi) is 3.77. The molecule has 5 nitrogen and oxygen atoms in total. The number of aromatic nitrogens is 2. The van der Waals surface area contributed by atoms with Crippen molar-refractivity contribution in [3.05, 3.63) is 33.2 Å². The van der Waals surface area contributed by atoms with Gasteiger partial charge in [0, 0.05) is 20.0 Å². The number of halogens is 1. The predicted octanol–water partition coefficient (Wildman–Crippen LogP) is 2.57. The fourth-order valence-corrected chi connectivity index (χ4v) is 3.49. The quantitative estimate of drug-likeness (QED) is 0.924. The molecular formula is C16H20ClN3O2. The molecule has 1 amide bonds. The molecule has 1 fully saturated rings. The van der Waals surface area contributed by atoms with Gasteiger partial charge < -0.3 is 5.32 Å². The van der Waals surface area contributed by atoms with Crippen molar-refractivity contribution in [1.82, 2.24) is 14.5 Å². The number of nitrogens with zero attached hydrogens (tertiary/aromatic N) is 2. The molecule has 118 valence electrons. The highest BCUT2D eigenvalue weighted by Gasteiger charge is 2.26. The van der Waals surface area contributed by atoms with Crippen molar-refractivity contribution in [3.63, 3.8) is 0 Å². The molecule has 22 heavy (non-hydrogen) atoms. The maximum absolute atomic E-state index is 12.8. The number of carbonyl (C=O) groups is 1. The first kappa shape index (κ1) is 15.2. The van der Waals surface area contributed by atoms with E-state index in [4.69, 9.17) is 11.6 Å². The fourth-order valence-electron chi connectivity index (χ4n) is 3.25. The van der Waals surface area contributed by atoms with Gasteiger partial charge in [-0.25, -0.2) is 4.79 Å². The smallest absolute Gasteiger partial charge is 0.329 e. The molecule has 1 aliphatic rings. The molecule has 2 aromatic rings. The zero-order valence-electron chi connectivity index (χ0n) is 13.0. The van der Waals surface area contributed by atoms with E-state index in [1.165, 1.54) is 0 Å². The highest BCUT2D eigenvalue weighted by atomic mass is 35.5. The lowest BCUT2D eigenvalue weighted by Gasteiger charge is -2.24. The summed E-state index contributed by atoms with van der Waals surface area (Å²) >= 11 is 6.41. The minimum absolute atomic E-state index is 0.0403. The van der Waals surface area contributed by atoms with Crippen LogP contribution in [0.5, 0.6) is 0 Å². The lowest BCUT2D eigenvalue weighted by Crippen LogP contribution is -2.39. The number of piperidine rings is 1. The summed E-state index contributed by atoms with van der Waals surface area (Å²) < 4.78 is 3.43. The molecule has 1 aromatic carbocycles. The van der Waals surface area contributed by atoms with Crippen LogP contribution in [0, 0.1) is 0 Å². The zero-order valence-corrected chi connectivity index (χ0v) is 13.8. The maximum Gasteiger partial charge on any atom is 0.329 e. The topological polar surface area (TPSA) is 56.0 Å². The van der Waals surface area contributed by atoms with E-state index in [1.54, 1.807) is 16.2 Å². The fraction of sp³-hybridized carbons (Fsp3) is 0.500. The summed E-state index contributed by atoms with van der Waals surface area (Å²) in [5.41, 5.74) is 2.70. The Morgan fingerprint density at radius 3 is 2.59 bits per heavy atom. The number of hydrogen-bond acceptors (Lipinski definition) is 2. The van der Waals surface area contributed by atoms with Crippen LogP contribution in [0.3, 0.4) is 0 Å². The van der Waals surface area contributed by atoms with Crippen molar-refractivity contribution in [3.8, 4) is 0 Å². The summed E-state index contributed by atoms with van der Waals surface area (Å²) in [4.78, 5) is 24.1. The molecule has 0 aliphatic carbocycles. The molecule has 3 rings (SSSR count). The molecule has 1 N–H and O–H groups in total. The van der Waals surface area contributed by atoms with Gasteiger partial charge in [-0.3, -0.25) is 13.9 Å². The minimum atomic E-state index is -0.0776. The number of imidazole rings is 1. The van der Waals surface area contributed by atoms with Gasteiger partial charge >= 0.3 is 5.69 Å². The van der Waals surface area contributed by atoms with E-state index < -0.39 is 0 Å². The second-order valence-electron chi connectivity index (χ2n) is 6.20. The third-order valence-electron chi connectivity index (χ3n) is 4.43. The summed E-state index contributed by atoms with van der Waals surface area (Å²) in [6, 6.07) is 3.80. The van der Waals surface area contributed by atoms with Crippen LogP contribution in [-0.2, 0) is 11.8 Å². The molecule has 0 radical (unpaired) electrons. The minimum Gasteiger partial charge on any atom is -0.354 e. The van der Waals surface area contributed by atoms with Crippen LogP contribution in [0.15, 0.2) is 16.9 Å². The molecule has 6 heteroatoms. The summed E-state index contributed by atoms with van der Waals surface area (Å²) in [6.45, 7) is 4.68. The Morgan fingerprint density at radius 1 is 1.27 bits per heavy atom. The summed E-state index contributed by atoms with van der Waals surface area (Å²) in [5, 5.41) is 3.42. The standard InChI is InChI=1S/C16H20ClN3O2/c1-9(2)11-5-6-12(17)15-14(11)19(3)16(22)20(15)10-4-7-13(21)18-8-10/h5-6,9-10H,4,7-8H2,1-3H3,(H,18,21). The van der Waals surface area contributed by atoms with Crippen molar-refractivity contribution in [2.75, 3.05) is 6.54 Å². The van der Waals surface area contributed by atoms with Gasteiger partial charge in [0.15, 0.2) is 0 Å². The molecule has 0 saturated carbocycles. The van der Waals surface area contributed by atoms with Gasteiger partial charge in [0.25, 0.3) is 0 Å². The maximum atomic E-state index is 12.8. The normalized spacial score (nSPS) is 19.0. The Morgan fingerprint density at radius 2 is 2.00 bits per heavy atom.